The maximum atomic E-state index is 13.4. The summed E-state index contributed by atoms with van der Waals surface area (Å²) in [7, 11) is 0. The zero-order chi connectivity index (χ0) is 16.2. The lowest BCUT2D eigenvalue weighted by Crippen LogP contribution is -1.91. The second kappa shape index (κ2) is 6.72. The van der Waals surface area contributed by atoms with Crippen LogP contribution in [0.25, 0.3) is 11.1 Å². The molecule has 0 aliphatic rings. The molecule has 0 saturated carbocycles. The van der Waals surface area contributed by atoms with Gasteiger partial charge in [0.25, 0.3) is 0 Å². The van der Waals surface area contributed by atoms with E-state index in [-0.39, 0.29) is 5.15 Å². The van der Waals surface area contributed by atoms with Crippen molar-refractivity contribution in [2.75, 3.05) is 11.2 Å². The molecule has 0 unspecified atom stereocenters. The number of pyridine rings is 1. The van der Waals surface area contributed by atoms with E-state index in [0.29, 0.717) is 16.5 Å². The Morgan fingerprint density at radius 3 is 2.70 bits per heavy atom. The van der Waals surface area contributed by atoms with Gasteiger partial charge < -0.3 is 5.73 Å². The van der Waals surface area contributed by atoms with Crippen LogP contribution in [-0.4, -0.2) is 16.2 Å². The molecule has 0 aliphatic carbocycles. The van der Waals surface area contributed by atoms with Crippen LogP contribution in [-0.2, 0) is 0 Å². The number of hydrazone groups is 1. The monoisotopic (exact) mass is 347 g/mol. The van der Waals surface area contributed by atoms with Crippen LogP contribution in [0.1, 0.15) is 5.56 Å². The van der Waals surface area contributed by atoms with Crippen LogP contribution in [0.4, 0.5) is 15.3 Å². The molecule has 3 aromatic rings. The van der Waals surface area contributed by atoms with Gasteiger partial charge in [0.05, 0.1) is 6.21 Å². The highest BCUT2D eigenvalue weighted by molar-refractivity contribution is 7.14. The van der Waals surface area contributed by atoms with Crippen LogP contribution in [0.5, 0.6) is 0 Å². The van der Waals surface area contributed by atoms with Crippen molar-refractivity contribution in [3.8, 4) is 11.1 Å². The van der Waals surface area contributed by atoms with Gasteiger partial charge in [0.15, 0.2) is 11.0 Å². The zero-order valence-electron chi connectivity index (χ0n) is 11.7. The summed E-state index contributed by atoms with van der Waals surface area (Å²) in [5.74, 6) is -0.0809. The number of hydrogen-bond donors (Lipinski definition) is 2. The molecule has 0 fully saturated rings. The molecular formula is C15H11ClFN5S. The summed E-state index contributed by atoms with van der Waals surface area (Å²) >= 11 is 6.95. The number of nitrogens with zero attached hydrogens (tertiary/aromatic N) is 3. The average molecular weight is 348 g/mol. The van der Waals surface area contributed by atoms with Crippen molar-refractivity contribution in [1.29, 1.82) is 0 Å². The summed E-state index contributed by atoms with van der Waals surface area (Å²) in [6, 6.07) is 8.79. The summed E-state index contributed by atoms with van der Waals surface area (Å²) < 4.78 is 13.4. The first-order valence-corrected chi connectivity index (χ1v) is 7.79. The molecule has 0 amide bonds. The van der Waals surface area contributed by atoms with E-state index < -0.39 is 5.82 Å². The molecular weight excluding hydrogens is 337 g/mol. The topological polar surface area (TPSA) is 76.2 Å². The Hall–Kier alpha value is -2.51. The Morgan fingerprint density at radius 1 is 1.26 bits per heavy atom. The fraction of sp³-hybridized carbons (Fsp3) is 0. The maximum absolute atomic E-state index is 13.4. The van der Waals surface area contributed by atoms with E-state index in [0.717, 1.165) is 11.1 Å². The van der Waals surface area contributed by atoms with Crippen molar-refractivity contribution in [3.63, 3.8) is 0 Å². The number of thiazole rings is 1. The zero-order valence-corrected chi connectivity index (χ0v) is 13.3. The molecule has 5 nitrogen and oxygen atoms in total. The van der Waals surface area contributed by atoms with Crippen molar-refractivity contribution < 1.29 is 4.39 Å². The molecule has 0 aliphatic heterocycles. The predicted molar refractivity (Wildman–Crippen MR) is 92.4 cm³/mol. The molecule has 8 heteroatoms. The molecule has 23 heavy (non-hydrogen) atoms. The first-order chi connectivity index (χ1) is 11.1. The molecule has 116 valence electrons. The summed E-state index contributed by atoms with van der Waals surface area (Å²) in [5, 5.41) is 6.30. The molecule has 2 heterocycles. The van der Waals surface area contributed by atoms with Gasteiger partial charge in [-0.05, 0) is 17.2 Å². The van der Waals surface area contributed by atoms with Gasteiger partial charge in [-0.3, -0.25) is 5.43 Å². The number of nitrogen functional groups attached to an aromatic ring is 1. The van der Waals surface area contributed by atoms with Gasteiger partial charge in [-0.25, -0.2) is 14.4 Å². The minimum absolute atomic E-state index is 0.133. The third kappa shape index (κ3) is 3.82. The van der Waals surface area contributed by atoms with E-state index in [9.17, 15) is 4.39 Å². The first-order valence-electron chi connectivity index (χ1n) is 6.53. The molecule has 0 saturated heterocycles. The van der Waals surface area contributed by atoms with E-state index in [1.54, 1.807) is 11.6 Å². The van der Waals surface area contributed by atoms with Gasteiger partial charge in [-0.15, -0.1) is 11.3 Å². The highest BCUT2D eigenvalue weighted by atomic mass is 35.5. The van der Waals surface area contributed by atoms with Gasteiger partial charge in [-0.1, -0.05) is 35.9 Å². The fourth-order valence-electron chi connectivity index (χ4n) is 1.84. The van der Waals surface area contributed by atoms with Crippen molar-refractivity contribution in [1.82, 2.24) is 9.97 Å². The molecule has 0 radical (unpaired) electrons. The molecule has 3 rings (SSSR count). The fourth-order valence-corrected chi connectivity index (χ4v) is 2.49. The Balaban J connectivity index is 1.70. The van der Waals surface area contributed by atoms with E-state index in [1.807, 2.05) is 24.3 Å². The van der Waals surface area contributed by atoms with E-state index in [4.69, 9.17) is 17.3 Å². The van der Waals surface area contributed by atoms with Crippen molar-refractivity contribution in [2.24, 2.45) is 5.10 Å². The summed E-state index contributed by atoms with van der Waals surface area (Å²) in [5.41, 5.74) is 10.7. The molecule has 0 spiro atoms. The van der Waals surface area contributed by atoms with E-state index in [1.165, 1.54) is 23.6 Å². The lowest BCUT2D eigenvalue weighted by atomic mass is 10.1. The van der Waals surface area contributed by atoms with Crippen LogP contribution >= 0.6 is 22.9 Å². The van der Waals surface area contributed by atoms with Gasteiger partial charge in [0.2, 0.25) is 5.13 Å². The Labute approximate surface area is 140 Å². The highest BCUT2D eigenvalue weighted by Crippen LogP contribution is 2.22. The smallest absolute Gasteiger partial charge is 0.205 e. The summed E-state index contributed by atoms with van der Waals surface area (Å²) in [6.45, 7) is 0. The number of nitrogens with two attached hydrogens (primary N) is 1. The maximum Gasteiger partial charge on any atom is 0.205 e. The van der Waals surface area contributed by atoms with E-state index >= 15 is 0 Å². The van der Waals surface area contributed by atoms with Crippen LogP contribution < -0.4 is 11.2 Å². The molecule has 3 N–H and O–H groups in total. The van der Waals surface area contributed by atoms with Crippen LogP contribution in [0.2, 0.25) is 5.15 Å². The number of halogens is 2. The Bertz CT molecular complexity index is 847. The normalized spacial score (nSPS) is 11.0. The number of aromatic nitrogens is 2. The molecule has 2 aromatic heterocycles. The SMILES string of the molecule is Nc1csc(NN=Cc2ccc(-c3cnc(Cl)c(F)c3)cc2)n1. The number of benzene rings is 1. The largest absolute Gasteiger partial charge is 0.383 e. The van der Waals surface area contributed by atoms with Crippen LogP contribution in [0.15, 0.2) is 47.0 Å². The minimum atomic E-state index is -0.540. The lowest BCUT2D eigenvalue weighted by molar-refractivity contribution is 0.622. The lowest BCUT2D eigenvalue weighted by Gasteiger charge is -2.03. The third-order valence-electron chi connectivity index (χ3n) is 2.94. The first kappa shape index (κ1) is 15.4. The number of rotatable bonds is 4. The highest BCUT2D eigenvalue weighted by Gasteiger charge is 2.04. The number of anilines is 2. The van der Waals surface area contributed by atoms with Gasteiger partial charge >= 0.3 is 0 Å². The Morgan fingerprint density at radius 2 is 2.04 bits per heavy atom. The average Bonchev–Trinajstić information content (AvgIpc) is 2.96. The van der Waals surface area contributed by atoms with Crippen molar-refractivity contribution in [3.05, 3.63) is 58.4 Å². The number of hydrogen-bond acceptors (Lipinski definition) is 6. The van der Waals surface area contributed by atoms with Crippen LogP contribution in [0, 0.1) is 5.82 Å². The van der Waals surface area contributed by atoms with Crippen molar-refractivity contribution >= 4 is 40.1 Å². The van der Waals surface area contributed by atoms with Gasteiger partial charge in [-0.2, -0.15) is 5.10 Å². The predicted octanol–water partition coefficient (Wildman–Crippen LogP) is 4.03. The Kier molecular flexibility index (Phi) is 4.50. The van der Waals surface area contributed by atoms with Crippen LogP contribution in [0.3, 0.4) is 0 Å². The quantitative estimate of drug-likeness (QED) is 0.424. The second-order valence-electron chi connectivity index (χ2n) is 4.57. The van der Waals surface area contributed by atoms with Crippen molar-refractivity contribution in [2.45, 2.75) is 0 Å². The molecule has 1 aromatic carbocycles. The number of nitrogens with one attached hydrogen (secondary N) is 1. The molecule has 0 bridgehead atoms. The third-order valence-corrected chi connectivity index (χ3v) is 3.98. The van der Waals surface area contributed by atoms with Gasteiger partial charge in [0, 0.05) is 17.1 Å². The second-order valence-corrected chi connectivity index (χ2v) is 5.78. The van der Waals surface area contributed by atoms with E-state index in [2.05, 4.69) is 20.5 Å². The summed E-state index contributed by atoms with van der Waals surface area (Å²) in [4.78, 5) is 7.83. The molecule has 0 atom stereocenters. The minimum Gasteiger partial charge on any atom is -0.383 e. The standard InChI is InChI=1S/C15H11ClFN5S/c16-14-12(17)5-11(7-19-14)10-3-1-9(2-4-10)6-20-22-15-21-13(18)8-23-15/h1-8H,18H2,(H,21,22). The van der Waals surface area contributed by atoms with Gasteiger partial charge in [0.1, 0.15) is 5.82 Å². The summed E-state index contributed by atoms with van der Waals surface area (Å²) in [6.07, 6.45) is 3.19.